The number of rotatable bonds is 2. The number of hydrogen-bond donors (Lipinski definition) is 2. The average molecular weight is 204 g/mol. The van der Waals surface area contributed by atoms with E-state index in [2.05, 4.69) is 20.6 Å². The SMILES string of the molecule is O=C(Nc1cnccn1)[C@@H]1C[C@@H]2C[C@@H]2N1. The maximum Gasteiger partial charge on any atom is 0.242 e. The first-order valence-electron chi connectivity index (χ1n) is 5.16. The maximum atomic E-state index is 11.7. The van der Waals surface area contributed by atoms with Gasteiger partial charge in [0.1, 0.15) is 0 Å². The number of aromatic nitrogens is 2. The Hall–Kier alpha value is -1.49. The van der Waals surface area contributed by atoms with Crippen molar-refractivity contribution in [1.29, 1.82) is 0 Å². The third-order valence-corrected chi connectivity index (χ3v) is 3.01. The number of piperidine rings is 1. The molecule has 1 saturated carbocycles. The lowest BCUT2D eigenvalue weighted by molar-refractivity contribution is -0.118. The molecule has 0 unspecified atom stereocenters. The van der Waals surface area contributed by atoms with Crippen molar-refractivity contribution >= 4 is 11.7 Å². The number of hydrogen-bond acceptors (Lipinski definition) is 4. The molecule has 1 aromatic heterocycles. The van der Waals surface area contributed by atoms with E-state index in [4.69, 9.17) is 0 Å². The smallest absolute Gasteiger partial charge is 0.242 e. The second-order valence-corrected chi connectivity index (χ2v) is 4.14. The molecule has 5 nitrogen and oxygen atoms in total. The molecule has 3 rings (SSSR count). The summed E-state index contributed by atoms with van der Waals surface area (Å²) in [6.07, 6.45) is 6.88. The van der Waals surface area contributed by atoms with Gasteiger partial charge >= 0.3 is 0 Å². The molecule has 2 N–H and O–H groups in total. The number of carbonyl (C=O) groups excluding carboxylic acids is 1. The van der Waals surface area contributed by atoms with Crippen molar-refractivity contribution in [1.82, 2.24) is 15.3 Å². The van der Waals surface area contributed by atoms with Gasteiger partial charge in [-0.25, -0.2) is 4.98 Å². The van der Waals surface area contributed by atoms with E-state index in [0.29, 0.717) is 11.9 Å². The van der Waals surface area contributed by atoms with E-state index in [1.165, 1.54) is 6.42 Å². The van der Waals surface area contributed by atoms with Crippen molar-refractivity contribution < 1.29 is 4.79 Å². The Labute approximate surface area is 87.3 Å². The van der Waals surface area contributed by atoms with Gasteiger partial charge in [0.05, 0.1) is 12.2 Å². The summed E-state index contributed by atoms with van der Waals surface area (Å²) in [5.74, 6) is 1.25. The van der Waals surface area contributed by atoms with E-state index in [-0.39, 0.29) is 11.9 Å². The van der Waals surface area contributed by atoms with Crippen molar-refractivity contribution in [3.05, 3.63) is 18.6 Å². The summed E-state index contributed by atoms with van der Waals surface area (Å²) in [6.45, 7) is 0. The van der Waals surface area contributed by atoms with Crippen molar-refractivity contribution in [3.63, 3.8) is 0 Å². The van der Waals surface area contributed by atoms with Crippen LogP contribution < -0.4 is 10.6 Å². The molecule has 1 aliphatic carbocycles. The van der Waals surface area contributed by atoms with E-state index in [9.17, 15) is 4.79 Å². The lowest BCUT2D eigenvalue weighted by Gasteiger charge is -2.12. The van der Waals surface area contributed by atoms with Crippen molar-refractivity contribution in [2.45, 2.75) is 24.9 Å². The number of carbonyl (C=O) groups is 1. The molecule has 1 saturated heterocycles. The summed E-state index contributed by atoms with van der Waals surface area (Å²) in [4.78, 5) is 19.6. The minimum Gasteiger partial charge on any atom is -0.308 e. The van der Waals surface area contributed by atoms with Gasteiger partial charge in [0.25, 0.3) is 0 Å². The second-order valence-electron chi connectivity index (χ2n) is 4.14. The molecule has 1 aliphatic heterocycles. The highest BCUT2D eigenvalue weighted by molar-refractivity contribution is 5.94. The van der Waals surface area contributed by atoms with Crippen molar-refractivity contribution in [2.75, 3.05) is 5.32 Å². The van der Waals surface area contributed by atoms with E-state index < -0.39 is 0 Å². The van der Waals surface area contributed by atoms with Crippen LogP contribution in [0, 0.1) is 5.92 Å². The molecule has 78 valence electrons. The molecule has 0 radical (unpaired) electrons. The van der Waals surface area contributed by atoms with Gasteiger partial charge in [0.2, 0.25) is 5.91 Å². The summed E-state index contributed by atoms with van der Waals surface area (Å²) in [5.41, 5.74) is 0. The van der Waals surface area contributed by atoms with Gasteiger partial charge in [-0.3, -0.25) is 9.78 Å². The lowest BCUT2D eigenvalue weighted by Crippen LogP contribution is -2.38. The van der Waals surface area contributed by atoms with Crippen LogP contribution in [-0.4, -0.2) is 28.0 Å². The molecule has 0 aromatic carbocycles. The van der Waals surface area contributed by atoms with Crippen LogP contribution >= 0.6 is 0 Å². The summed E-state index contributed by atoms with van der Waals surface area (Å²) in [5, 5.41) is 6.04. The van der Waals surface area contributed by atoms with Crippen molar-refractivity contribution in [2.24, 2.45) is 5.92 Å². The Morgan fingerprint density at radius 1 is 1.47 bits per heavy atom. The fourth-order valence-electron chi connectivity index (χ4n) is 2.10. The Bertz CT molecular complexity index is 370. The average Bonchev–Trinajstić information content (AvgIpc) is 2.87. The standard InChI is InChI=1S/C10H12N4O/c15-10(8-4-6-3-7(6)13-8)14-9-5-11-1-2-12-9/h1-2,5-8,13H,3-4H2,(H,12,14,15)/t6-,7-,8-/m0/s1. The molecule has 2 heterocycles. The molecule has 2 fully saturated rings. The zero-order valence-corrected chi connectivity index (χ0v) is 8.18. The van der Waals surface area contributed by atoms with Gasteiger partial charge in [-0.15, -0.1) is 0 Å². The van der Waals surface area contributed by atoms with Crippen LogP contribution in [0.3, 0.4) is 0 Å². The highest BCUT2D eigenvalue weighted by Gasteiger charge is 2.47. The first kappa shape index (κ1) is 8.79. The minimum atomic E-state index is -0.0456. The normalized spacial score (nSPS) is 32.1. The van der Waals surface area contributed by atoms with E-state index in [1.807, 2.05) is 0 Å². The fourth-order valence-corrected chi connectivity index (χ4v) is 2.10. The van der Waals surface area contributed by atoms with Gasteiger partial charge in [0.15, 0.2) is 5.82 Å². The van der Waals surface area contributed by atoms with Crippen LogP contribution in [0.2, 0.25) is 0 Å². The monoisotopic (exact) mass is 204 g/mol. The number of nitrogens with one attached hydrogen (secondary N) is 2. The maximum absolute atomic E-state index is 11.7. The summed E-state index contributed by atoms with van der Waals surface area (Å²) in [7, 11) is 0. The van der Waals surface area contributed by atoms with Crippen LogP contribution in [0.1, 0.15) is 12.8 Å². The van der Waals surface area contributed by atoms with Gasteiger partial charge < -0.3 is 10.6 Å². The third-order valence-electron chi connectivity index (χ3n) is 3.01. The van der Waals surface area contributed by atoms with Crippen LogP contribution in [0.25, 0.3) is 0 Å². The quantitative estimate of drug-likeness (QED) is 0.720. The fraction of sp³-hybridized carbons (Fsp3) is 0.500. The summed E-state index contributed by atoms with van der Waals surface area (Å²) >= 11 is 0. The molecular weight excluding hydrogens is 192 g/mol. The van der Waals surface area contributed by atoms with Crippen LogP contribution in [0.4, 0.5) is 5.82 Å². The first-order valence-corrected chi connectivity index (χ1v) is 5.16. The molecule has 2 aliphatic rings. The molecule has 1 amide bonds. The Morgan fingerprint density at radius 3 is 3.07 bits per heavy atom. The Kier molecular flexibility index (Phi) is 1.92. The van der Waals surface area contributed by atoms with E-state index in [1.54, 1.807) is 18.6 Å². The van der Waals surface area contributed by atoms with E-state index in [0.717, 1.165) is 12.3 Å². The van der Waals surface area contributed by atoms with E-state index >= 15 is 0 Å². The highest BCUT2D eigenvalue weighted by atomic mass is 16.2. The molecule has 15 heavy (non-hydrogen) atoms. The van der Waals surface area contributed by atoms with Gasteiger partial charge in [-0.05, 0) is 18.8 Å². The third kappa shape index (κ3) is 1.70. The Balaban J connectivity index is 1.61. The minimum absolute atomic E-state index is 0.00250. The van der Waals surface area contributed by atoms with Gasteiger partial charge in [-0.1, -0.05) is 0 Å². The van der Waals surface area contributed by atoms with Crippen LogP contribution in [-0.2, 0) is 4.79 Å². The number of fused-ring (bicyclic) bond motifs is 1. The number of nitrogens with zero attached hydrogens (tertiary/aromatic N) is 2. The topological polar surface area (TPSA) is 66.9 Å². The first-order chi connectivity index (χ1) is 7.33. The lowest BCUT2D eigenvalue weighted by atomic mass is 10.2. The zero-order valence-electron chi connectivity index (χ0n) is 8.18. The molecule has 1 aromatic rings. The van der Waals surface area contributed by atoms with Crippen LogP contribution in [0.15, 0.2) is 18.6 Å². The molecule has 0 bridgehead atoms. The number of amides is 1. The molecule has 0 spiro atoms. The second kappa shape index (κ2) is 3.27. The Morgan fingerprint density at radius 2 is 2.40 bits per heavy atom. The highest BCUT2D eigenvalue weighted by Crippen LogP contribution is 2.40. The zero-order chi connectivity index (χ0) is 10.3. The van der Waals surface area contributed by atoms with Gasteiger partial charge in [0, 0.05) is 18.4 Å². The predicted molar refractivity (Wildman–Crippen MR) is 54.1 cm³/mol. The summed E-state index contributed by atoms with van der Waals surface area (Å²) < 4.78 is 0. The molecular formula is C10H12N4O. The largest absolute Gasteiger partial charge is 0.308 e. The molecule has 3 atom stereocenters. The van der Waals surface area contributed by atoms with Crippen molar-refractivity contribution in [3.8, 4) is 0 Å². The summed E-state index contributed by atoms with van der Waals surface area (Å²) in [6, 6.07) is 0.540. The predicted octanol–water partition coefficient (Wildman–Crippen LogP) is 0.165. The van der Waals surface area contributed by atoms with Gasteiger partial charge in [-0.2, -0.15) is 0 Å². The molecule has 5 heteroatoms. The van der Waals surface area contributed by atoms with Crippen LogP contribution in [0.5, 0.6) is 0 Å². The number of anilines is 1.